The molecule has 0 bridgehead atoms. The van der Waals surface area contributed by atoms with Gasteiger partial charge in [0.15, 0.2) is 0 Å². The van der Waals surface area contributed by atoms with Gasteiger partial charge in [0.1, 0.15) is 0 Å². The molecule has 0 N–H and O–H groups in total. The molecule has 0 amide bonds. The molecular weight excluding hydrogens is 1050 g/mol. The van der Waals surface area contributed by atoms with Crippen LogP contribution in [0.15, 0.2) is 153 Å². The normalized spacial score (nSPS) is 11.8. The van der Waals surface area contributed by atoms with Gasteiger partial charge in [0, 0.05) is 39.0 Å². The molecule has 0 aliphatic heterocycles. The second-order valence-corrected chi connectivity index (χ2v) is 22.1. The summed E-state index contributed by atoms with van der Waals surface area (Å²) in [7, 11) is 0. The Morgan fingerprint density at radius 3 is 0.538 bits per heavy atom. The summed E-state index contributed by atoms with van der Waals surface area (Å²) in [6, 6.07) is 45.0. The predicted octanol–water partition coefficient (Wildman–Crippen LogP) is 21.4. The molecule has 6 aromatic carbocycles. The average molecular weight is 1140 g/mol. The Kier molecular flexibility index (Phi) is 31.7. The van der Waals surface area contributed by atoms with Gasteiger partial charge in [-0.25, -0.2) is 0 Å². The summed E-state index contributed by atoms with van der Waals surface area (Å²) >= 11 is 0. The van der Waals surface area contributed by atoms with Crippen LogP contribution in [0.25, 0.3) is 0 Å². The van der Waals surface area contributed by atoms with Crippen molar-refractivity contribution in [1.82, 2.24) is 0 Å². The molecule has 6 rings (SSSR count). The van der Waals surface area contributed by atoms with E-state index in [1.54, 1.807) is 0 Å². The molecule has 0 saturated carbocycles. The Morgan fingerprint density at radius 1 is 0.269 bits per heavy atom. The molecule has 0 radical (unpaired) electrons. The molecular formula is C72H90N4Zn2-2. The van der Waals surface area contributed by atoms with Crippen LogP contribution in [-0.2, 0) is 39.0 Å². The molecule has 0 aromatic heterocycles. The Balaban J connectivity index is 0.000000593. The molecule has 0 spiro atoms. The van der Waals surface area contributed by atoms with Crippen molar-refractivity contribution >= 4 is 45.6 Å². The van der Waals surface area contributed by atoms with Crippen LogP contribution in [0.3, 0.4) is 0 Å². The van der Waals surface area contributed by atoms with Crippen LogP contribution >= 0.6 is 0 Å². The van der Waals surface area contributed by atoms with Gasteiger partial charge in [-0.05, 0) is 120 Å². The van der Waals surface area contributed by atoms with Crippen LogP contribution < -0.4 is 0 Å². The van der Waals surface area contributed by atoms with Crippen LogP contribution in [0.1, 0.15) is 241 Å². The Hall–Kier alpha value is -5.63. The third-order valence-corrected chi connectivity index (χ3v) is 13.4. The van der Waals surface area contributed by atoms with E-state index in [2.05, 4.69) is 223 Å². The van der Waals surface area contributed by atoms with Gasteiger partial charge >= 0.3 is 0 Å². The molecule has 78 heavy (non-hydrogen) atoms. The van der Waals surface area contributed by atoms with E-state index < -0.39 is 0 Å². The molecule has 0 aliphatic carbocycles. The van der Waals surface area contributed by atoms with Crippen LogP contribution in [-0.4, -0.2) is 22.8 Å². The standard InChI is InChI=1S/2C28H40N2.2C8H5.2Zn/c2*1-17(2)23-13-11-14-24(18(3)4)27(23)29-21(9)22(10)30-28-25(19(5)6)15-12-16-26(28)20(7)8;2*1-2-8-6-4-3-5-7-8;;/h2*11-20H,1-10H3;2*3-7H;;/q;;2*-1;;. The number of hydrogen-bond acceptors (Lipinski definition) is 4. The van der Waals surface area contributed by atoms with E-state index in [4.69, 9.17) is 32.8 Å². The maximum absolute atomic E-state index is 6.69. The Bertz CT molecular complexity index is 2520. The molecule has 4 nitrogen and oxygen atoms in total. The zero-order chi connectivity index (χ0) is 56.8. The number of para-hydroxylation sites is 4. The number of aliphatic imine (C=N–C) groups is 4. The van der Waals surface area contributed by atoms with Crippen LogP contribution in [0.4, 0.5) is 22.7 Å². The largest absolute Gasteiger partial charge is 0.366 e. The smallest absolute Gasteiger partial charge is 0.0702 e. The third kappa shape index (κ3) is 21.2. The van der Waals surface area contributed by atoms with Crippen molar-refractivity contribution in [2.75, 3.05) is 0 Å². The van der Waals surface area contributed by atoms with E-state index in [9.17, 15) is 0 Å². The van der Waals surface area contributed by atoms with E-state index >= 15 is 0 Å². The minimum absolute atomic E-state index is 0. The second kappa shape index (κ2) is 35.1. The van der Waals surface area contributed by atoms with Gasteiger partial charge in [-0.15, -0.1) is 35.4 Å². The molecule has 0 saturated heterocycles. The summed E-state index contributed by atoms with van der Waals surface area (Å²) in [5, 5.41) is 0. The SMILES string of the molecule is CC(=Nc1c(C(C)C)cccc1C(C)C)C(C)=Nc1c(C(C)C)cccc1C(C)C.CC(=Nc1c(C(C)C)cccc1C(C)C)C(C)=Nc1c(C(C)C)cccc1C(C)C.[C-]#Cc1ccccc1.[C-]#Cc1ccccc1.[Zn].[Zn]. The molecule has 6 heteroatoms. The summed E-state index contributed by atoms with van der Waals surface area (Å²) in [5.41, 5.74) is 20.5. The van der Waals surface area contributed by atoms with Gasteiger partial charge in [-0.1, -0.05) is 220 Å². The quantitative estimate of drug-likeness (QED) is 0.0452. The Labute approximate surface area is 500 Å². The monoisotopic (exact) mass is 1140 g/mol. The van der Waals surface area contributed by atoms with E-state index in [0.717, 1.165) is 56.7 Å². The van der Waals surface area contributed by atoms with Crippen molar-refractivity contribution in [2.24, 2.45) is 20.0 Å². The first kappa shape index (κ1) is 70.4. The van der Waals surface area contributed by atoms with Crippen molar-refractivity contribution in [3.63, 3.8) is 0 Å². The molecule has 0 aliphatic rings. The third-order valence-electron chi connectivity index (χ3n) is 13.4. The maximum atomic E-state index is 6.69. The number of hydrogen-bond donors (Lipinski definition) is 0. The second-order valence-electron chi connectivity index (χ2n) is 22.1. The zero-order valence-corrected chi connectivity index (χ0v) is 57.5. The van der Waals surface area contributed by atoms with Crippen molar-refractivity contribution in [1.29, 1.82) is 0 Å². The van der Waals surface area contributed by atoms with Gasteiger partial charge in [0.2, 0.25) is 0 Å². The molecule has 0 unspecified atom stereocenters. The Morgan fingerprint density at radius 2 is 0.423 bits per heavy atom. The molecule has 404 valence electrons. The van der Waals surface area contributed by atoms with Crippen LogP contribution in [0.5, 0.6) is 0 Å². The topological polar surface area (TPSA) is 49.4 Å². The zero-order valence-electron chi connectivity index (χ0n) is 51.5. The van der Waals surface area contributed by atoms with Crippen molar-refractivity contribution in [2.45, 2.75) is 186 Å². The number of nitrogens with zero attached hydrogens (tertiary/aromatic N) is 4. The minimum Gasteiger partial charge on any atom is -0.366 e. The van der Waals surface area contributed by atoms with E-state index in [0.29, 0.717) is 47.3 Å². The van der Waals surface area contributed by atoms with Crippen molar-refractivity contribution in [3.8, 4) is 11.8 Å². The van der Waals surface area contributed by atoms with Crippen molar-refractivity contribution < 1.29 is 39.0 Å². The molecule has 0 heterocycles. The first-order valence-corrected chi connectivity index (χ1v) is 27.6. The predicted molar refractivity (Wildman–Crippen MR) is 335 cm³/mol. The van der Waals surface area contributed by atoms with E-state index in [1.165, 1.54) is 44.5 Å². The van der Waals surface area contributed by atoms with Crippen molar-refractivity contribution in [3.05, 3.63) is 202 Å². The summed E-state index contributed by atoms with van der Waals surface area (Å²) in [4.78, 5) is 20.5. The van der Waals surface area contributed by atoms with E-state index in [1.807, 2.05) is 60.7 Å². The fourth-order valence-corrected chi connectivity index (χ4v) is 8.60. The van der Waals surface area contributed by atoms with Gasteiger partial charge in [-0.2, -0.15) is 0 Å². The molecule has 0 atom stereocenters. The fraction of sp³-hybridized carbons (Fsp3) is 0.389. The van der Waals surface area contributed by atoms with Gasteiger partial charge < -0.3 is 12.8 Å². The minimum atomic E-state index is 0. The molecule has 0 fully saturated rings. The first-order valence-electron chi connectivity index (χ1n) is 27.6. The van der Waals surface area contributed by atoms with Crippen LogP contribution in [0.2, 0.25) is 0 Å². The van der Waals surface area contributed by atoms with Gasteiger partial charge in [0.05, 0.1) is 45.6 Å². The summed E-state index contributed by atoms with van der Waals surface area (Å²) in [5.74, 6) is 8.01. The number of benzene rings is 6. The fourth-order valence-electron chi connectivity index (χ4n) is 8.60. The summed E-state index contributed by atoms with van der Waals surface area (Å²) < 4.78 is 0. The molecule has 6 aromatic rings. The summed E-state index contributed by atoms with van der Waals surface area (Å²) in [6.45, 7) is 44.2. The van der Waals surface area contributed by atoms with Crippen LogP contribution in [0, 0.1) is 24.7 Å². The summed E-state index contributed by atoms with van der Waals surface area (Å²) in [6.07, 6.45) is 13.4. The van der Waals surface area contributed by atoms with Gasteiger partial charge in [0.25, 0.3) is 0 Å². The number of rotatable bonds is 14. The maximum Gasteiger partial charge on any atom is 0.0702 e. The average Bonchev–Trinajstić information content (AvgIpc) is 3.39. The van der Waals surface area contributed by atoms with Gasteiger partial charge in [-0.3, -0.25) is 31.8 Å². The first-order chi connectivity index (χ1) is 35.9. The van der Waals surface area contributed by atoms with E-state index in [-0.39, 0.29) is 39.0 Å².